The van der Waals surface area contributed by atoms with Gasteiger partial charge in [-0.05, 0) is 40.8 Å². The Bertz CT molecular complexity index is 1680. The van der Waals surface area contributed by atoms with Gasteiger partial charge in [0.15, 0.2) is 0 Å². The second-order valence-electron chi connectivity index (χ2n) is 9.06. The topological polar surface area (TPSA) is 90.5 Å². The van der Waals surface area contributed by atoms with Crippen LogP contribution < -0.4 is 5.32 Å². The van der Waals surface area contributed by atoms with Crippen molar-refractivity contribution in [3.63, 3.8) is 0 Å². The fourth-order valence-electron chi connectivity index (χ4n) is 4.56. The molecule has 1 N–H and O–H groups in total. The van der Waals surface area contributed by atoms with Crippen LogP contribution in [0.4, 0.5) is 0 Å². The zero-order chi connectivity index (χ0) is 25.7. The molecule has 38 heavy (non-hydrogen) atoms. The lowest BCUT2D eigenvalue weighted by Gasteiger charge is -2.20. The number of carbonyl (C=O) groups is 1. The van der Waals surface area contributed by atoms with Crippen molar-refractivity contribution in [2.45, 2.75) is 19.1 Å². The molecule has 1 atom stereocenters. The van der Waals surface area contributed by atoms with Crippen molar-refractivity contribution in [3.8, 4) is 11.3 Å². The van der Waals surface area contributed by atoms with Crippen LogP contribution in [0.15, 0.2) is 116 Å². The van der Waals surface area contributed by atoms with Crippen LogP contribution in [0.2, 0.25) is 0 Å². The van der Waals surface area contributed by atoms with Gasteiger partial charge in [0.1, 0.15) is 5.69 Å². The van der Waals surface area contributed by atoms with E-state index < -0.39 is 0 Å². The molecule has 8 heteroatoms. The number of carbonyl (C=O) groups excluding carboxylic acids is 1. The Morgan fingerprint density at radius 3 is 2.61 bits per heavy atom. The Kier molecular flexibility index (Phi) is 6.42. The third kappa shape index (κ3) is 5.05. The second-order valence-corrected chi connectivity index (χ2v) is 9.06. The third-order valence-corrected chi connectivity index (χ3v) is 6.51. The molecule has 1 unspecified atom stereocenters. The first-order valence-corrected chi connectivity index (χ1v) is 12.4. The molecule has 3 aromatic carbocycles. The number of amides is 1. The van der Waals surface area contributed by atoms with Crippen molar-refractivity contribution >= 4 is 16.7 Å². The van der Waals surface area contributed by atoms with Crippen LogP contribution in [0.25, 0.3) is 22.0 Å². The molecule has 0 spiro atoms. The normalized spacial score (nSPS) is 11.9. The number of fused-ring (bicyclic) bond motifs is 1. The van der Waals surface area contributed by atoms with Gasteiger partial charge in [0.2, 0.25) is 0 Å². The molecular weight excluding hydrogens is 474 g/mol. The lowest BCUT2D eigenvalue weighted by molar-refractivity contribution is 0.0930. The molecule has 186 valence electrons. The zero-order valence-corrected chi connectivity index (χ0v) is 20.6. The smallest absolute Gasteiger partial charge is 0.252 e. The van der Waals surface area contributed by atoms with E-state index in [1.165, 1.54) is 0 Å². The van der Waals surface area contributed by atoms with Gasteiger partial charge < -0.3 is 5.32 Å². The van der Waals surface area contributed by atoms with Gasteiger partial charge in [-0.1, -0.05) is 65.9 Å². The van der Waals surface area contributed by atoms with Crippen LogP contribution in [0, 0.1) is 0 Å². The summed E-state index contributed by atoms with van der Waals surface area (Å²) in [6.07, 6.45) is 9.16. The Labute approximate surface area is 219 Å². The second kappa shape index (κ2) is 10.5. The molecule has 0 radical (unpaired) electrons. The molecule has 6 rings (SSSR count). The van der Waals surface area contributed by atoms with Gasteiger partial charge in [-0.25, -0.2) is 4.68 Å². The first kappa shape index (κ1) is 23.3. The van der Waals surface area contributed by atoms with Crippen LogP contribution in [0.1, 0.15) is 27.5 Å². The Morgan fingerprint density at radius 2 is 1.74 bits per heavy atom. The molecule has 0 saturated heterocycles. The van der Waals surface area contributed by atoms with E-state index >= 15 is 0 Å². The maximum Gasteiger partial charge on any atom is 0.252 e. The third-order valence-electron chi connectivity index (χ3n) is 6.51. The molecule has 0 aliphatic rings. The molecule has 8 nitrogen and oxygen atoms in total. The maximum atomic E-state index is 13.5. The van der Waals surface area contributed by atoms with Gasteiger partial charge in [-0.15, -0.1) is 5.10 Å². The number of hydrogen-bond donors (Lipinski definition) is 1. The molecule has 0 saturated carbocycles. The molecule has 6 aromatic rings. The monoisotopic (exact) mass is 499 g/mol. The van der Waals surface area contributed by atoms with Crippen molar-refractivity contribution in [3.05, 3.63) is 133 Å². The highest BCUT2D eigenvalue weighted by Gasteiger charge is 2.19. The molecule has 3 heterocycles. The predicted octanol–water partition coefficient (Wildman–Crippen LogP) is 4.91. The Morgan fingerprint density at radius 1 is 0.868 bits per heavy atom. The van der Waals surface area contributed by atoms with E-state index in [0.29, 0.717) is 18.7 Å². The van der Waals surface area contributed by atoms with E-state index in [-0.39, 0.29) is 11.9 Å². The van der Waals surface area contributed by atoms with Gasteiger partial charge in [0.05, 0.1) is 25.3 Å². The summed E-state index contributed by atoms with van der Waals surface area (Å²) >= 11 is 0. The number of nitrogens with zero attached hydrogens (tertiary/aromatic N) is 6. The number of hydrogen-bond acceptors (Lipinski definition) is 5. The van der Waals surface area contributed by atoms with Crippen molar-refractivity contribution < 1.29 is 4.79 Å². The summed E-state index contributed by atoms with van der Waals surface area (Å²) in [5, 5.41) is 18.4. The molecule has 0 aliphatic carbocycles. The van der Waals surface area contributed by atoms with Crippen molar-refractivity contribution in [1.82, 2.24) is 35.1 Å². The van der Waals surface area contributed by atoms with E-state index in [2.05, 4.69) is 31.8 Å². The van der Waals surface area contributed by atoms with Crippen LogP contribution in [0.5, 0.6) is 0 Å². The summed E-state index contributed by atoms with van der Waals surface area (Å²) in [6, 6.07) is 27.3. The summed E-state index contributed by atoms with van der Waals surface area (Å²) in [5.41, 5.74) is 4.22. The number of benzene rings is 3. The lowest BCUT2D eigenvalue weighted by Crippen LogP contribution is -2.32. The largest absolute Gasteiger partial charge is 0.343 e. The molecule has 3 aromatic heterocycles. The quantitative estimate of drug-likeness (QED) is 0.321. The maximum absolute atomic E-state index is 13.5. The fourth-order valence-corrected chi connectivity index (χ4v) is 4.56. The summed E-state index contributed by atoms with van der Waals surface area (Å²) in [5.74, 6) is -0.148. The molecule has 0 aliphatic heterocycles. The number of nitrogens with one attached hydrogen (secondary N) is 1. The average Bonchev–Trinajstić information content (AvgIpc) is 3.66. The van der Waals surface area contributed by atoms with Gasteiger partial charge in [0.25, 0.3) is 5.91 Å². The first-order chi connectivity index (χ1) is 18.7. The number of rotatable bonds is 8. The predicted molar refractivity (Wildman–Crippen MR) is 145 cm³/mol. The first-order valence-electron chi connectivity index (χ1n) is 12.4. The number of aromatic nitrogens is 6. The Hall–Kier alpha value is -5.11. The molecule has 1 amide bonds. The summed E-state index contributed by atoms with van der Waals surface area (Å²) in [6.45, 7) is 0.947. The summed E-state index contributed by atoms with van der Waals surface area (Å²) in [7, 11) is 0. The minimum Gasteiger partial charge on any atom is -0.343 e. The van der Waals surface area contributed by atoms with Gasteiger partial charge in [0, 0.05) is 41.3 Å². The Balaban J connectivity index is 1.23. The van der Waals surface area contributed by atoms with Crippen LogP contribution in [-0.4, -0.2) is 35.7 Å². The lowest BCUT2D eigenvalue weighted by atomic mass is 10.0. The summed E-state index contributed by atoms with van der Waals surface area (Å²) < 4.78 is 3.58. The van der Waals surface area contributed by atoms with E-state index in [1.807, 2.05) is 102 Å². The SMILES string of the molecule is O=C(NC(Cn1cccn1)c1ccccc1)c1ccccc1Cn1cc(-c2ccc3cnccc3c2)nn1. The highest BCUT2D eigenvalue weighted by molar-refractivity contribution is 5.96. The van der Waals surface area contributed by atoms with Crippen molar-refractivity contribution in [2.24, 2.45) is 0 Å². The van der Waals surface area contributed by atoms with Gasteiger partial charge in [-0.2, -0.15) is 5.10 Å². The molecule has 0 fully saturated rings. The molecule has 0 bridgehead atoms. The number of pyridine rings is 1. The highest BCUT2D eigenvalue weighted by atomic mass is 16.1. The average molecular weight is 500 g/mol. The minimum absolute atomic E-state index is 0.148. The fraction of sp³-hybridized carbons (Fsp3) is 0.100. The zero-order valence-electron chi connectivity index (χ0n) is 20.6. The van der Waals surface area contributed by atoms with Crippen LogP contribution >= 0.6 is 0 Å². The van der Waals surface area contributed by atoms with E-state index in [1.54, 1.807) is 17.1 Å². The van der Waals surface area contributed by atoms with Crippen LogP contribution in [-0.2, 0) is 13.1 Å². The van der Waals surface area contributed by atoms with E-state index in [0.717, 1.165) is 33.2 Å². The van der Waals surface area contributed by atoms with E-state index in [4.69, 9.17) is 0 Å². The summed E-state index contributed by atoms with van der Waals surface area (Å²) in [4.78, 5) is 17.7. The minimum atomic E-state index is -0.238. The van der Waals surface area contributed by atoms with Gasteiger partial charge >= 0.3 is 0 Å². The highest BCUT2D eigenvalue weighted by Crippen LogP contribution is 2.23. The van der Waals surface area contributed by atoms with E-state index in [9.17, 15) is 4.79 Å². The van der Waals surface area contributed by atoms with Crippen LogP contribution in [0.3, 0.4) is 0 Å². The van der Waals surface area contributed by atoms with Crippen molar-refractivity contribution in [2.75, 3.05) is 0 Å². The molecular formula is C30H25N7O. The standard InChI is InChI=1S/C30H25N7O/c38-30(33-28(20-36-16-6-14-32-36)22-7-2-1-3-8-22)27-10-5-4-9-26(27)19-37-21-29(34-35-37)24-11-12-25-18-31-15-13-23(25)17-24/h1-18,21,28H,19-20H2,(H,33,38). The van der Waals surface area contributed by atoms with Gasteiger partial charge in [-0.3, -0.25) is 14.5 Å². The van der Waals surface area contributed by atoms with Crippen molar-refractivity contribution in [1.29, 1.82) is 0 Å².